The van der Waals surface area contributed by atoms with Crippen LogP contribution in [0.15, 0.2) is 160 Å². The summed E-state index contributed by atoms with van der Waals surface area (Å²) in [6, 6.07) is 21.7. The van der Waals surface area contributed by atoms with E-state index in [1.807, 2.05) is 99.7 Å². The number of hydrogen-bond acceptors (Lipinski definition) is 32. The van der Waals surface area contributed by atoms with E-state index in [2.05, 4.69) is 31.7 Å². The van der Waals surface area contributed by atoms with Crippen molar-refractivity contribution in [3.05, 3.63) is 196 Å². The third-order valence-corrected chi connectivity index (χ3v) is 24.6. The van der Waals surface area contributed by atoms with E-state index in [0.29, 0.717) is 95.1 Å². The van der Waals surface area contributed by atoms with E-state index in [0.717, 1.165) is 37.7 Å². The van der Waals surface area contributed by atoms with Crippen LogP contribution in [0.5, 0.6) is 0 Å². The van der Waals surface area contributed by atoms with E-state index < -0.39 is 114 Å². The van der Waals surface area contributed by atoms with Gasteiger partial charge in [0.15, 0.2) is 5.71 Å². The van der Waals surface area contributed by atoms with Gasteiger partial charge in [0.1, 0.15) is 52.9 Å². The lowest BCUT2D eigenvalue weighted by Crippen LogP contribution is -2.53. The zero-order valence-corrected chi connectivity index (χ0v) is 79.1. The Hall–Kier alpha value is -9.24. The number of amides is 5. The van der Waals surface area contributed by atoms with Crippen molar-refractivity contribution in [2.24, 2.45) is 5.16 Å². The second-order valence-electron chi connectivity index (χ2n) is 32.0. The maximum Gasteiger partial charge on any atom is 0.478 e. The molecule has 2 saturated heterocycles. The maximum atomic E-state index is 13.1. The molecule has 1 aromatic carbocycles. The Kier molecular flexibility index (Phi) is 49.6. The molecule has 6 aromatic rings. The van der Waals surface area contributed by atoms with Gasteiger partial charge in [-0.3, -0.25) is 57.5 Å². The highest BCUT2D eigenvalue weighted by Gasteiger charge is 2.41. The first-order valence-electron chi connectivity index (χ1n) is 43.6. The summed E-state index contributed by atoms with van der Waals surface area (Å²) in [4.78, 5) is 149. The number of oxime groups is 1. The average Bonchev–Trinajstić information content (AvgIpc) is 1.01. The van der Waals surface area contributed by atoms with Crippen molar-refractivity contribution >= 4 is 175 Å². The third-order valence-electron chi connectivity index (χ3n) is 20.3. The summed E-state index contributed by atoms with van der Waals surface area (Å²) < 4.78 is 63.5. The number of nitrogens with zero attached hydrogens (tertiary/aromatic N) is 1. The van der Waals surface area contributed by atoms with Crippen molar-refractivity contribution in [2.45, 2.75) is 249 Å². The highest BCUT2D eigenvalue weighted by atomic mass is 32.1. The molecule has 12 atom stereocenters. The number of ether oxygens (including phenoxy) is 1. The molecule has 0 spiro atoms. The summed E-state index contributed by atoms with van der Waals surface area (Å²) in [5.74, 6) is -6.01. The predicted octanol–water partition coefficient (Wildman–Crippen LogP) is 8.08. The molecule has 5 aromatic heterocycles. The number of hydrogen-bond donors (Lipinski definition) is 11. The fourth-order valence-corrected chi connectivity index (χ4v) is 17.6. The second kappa shape index (κ2) is 59.6. The van der Waals surface area contributed by atoms with Gasteiger partial charge in [-0.1, -0.05) is 84.1 Å². The zero-order chi connectivity index (χ0) is 96.9. The summed E-state index contributed by atoms with van der Waals surface area (Å²) in [6.07, 6.45) is 18.4. The lowest BCUT2D eigenvalue weighted by molar-refractivity contribution is -0.145. The van der Waals surface area contributed by atoms with Gasteiger partial charge in [-0.25, -0.2) is 8.78 Å². The number of esters is 1. The molecule has 6 aliphatic heterocycles. The Bertz CT molecular complexity index is 4570. The van der Waals surface area contributed by atoms with Gasteiger partial charge in [0.25, 0.3) is 5.91 Å². The van der Waals surface area contributed by atoms with Gasteiger partial charge in [0, 0.05) is 82.4 Å². The topological polar surface area (TPSA) is 473 Å². The number of halogens is 2. The molecule has 11 heterocycles. The van der Waals surface area contributed by atoms with Crippen molar-refractivity contribution in [3.63, 3.8) is 0 Å². The van der Waals surface area contributed by atoms with Crippen LogP contribution >= 0.6 is 56.7 Å². The van der Waals surface area contributed by atoms with Crippen molar-refractivity contribution < 1.29 is 134 Å². The first-order chi connectivity index (χ1) is 63.5. The van der Waals surface area contributed by atoms with E-state index in [1.165, 1.54) is 91.3 Å². The normalized spacial score (nSPS) is 21.5. The molecule has 714 valence electrons. The van der Waals surface area contributed by atoms with Crippen LogP contribution in [0.3, 0.4) is 0 Å². The second-order valence-corrected chi connectivity index (χ2v) is 37.1. The SMILES string of the molecule is CC(=O)C[C@@H]1C=CC[C@H](NC(=O)Cc2cccs2)B(O)O1.CC(=O)C[C@@H]1CC[C@H](CC(=O)Cc2cc(F)cc(F)c2)B(O)O1.CC(=O)C[C@H]1C=CC[C@H](NC(=O)Cc2cccs2)B(O)O1.CC(=O)C[C@H]1C=CC[C@H](NC(=O)Cc2cccs2)B(O)O1.CCO/N=C(\C(=O)N[C@H]1CC=C[C@H](CC(C)=O)OB1O)c1cccs1.CCOC(=O)C[C@@H]1CC[C@H](NC(=O)Cc2cccs2)B(O)O1. The number of benzene rings is 1. The molecular weight excluding hydrogens is 1820 g/mol. The van der Waals surface area contributed by atoms with Crippen molar-refractivity contribution in [2.75, 3.05) is 13.2 Å². The van der Waals surface area contributed by atoms with Crippen LogP contribution < -0.4 is 26.6 Å². The summed E-state index contributed by atoms with van der Waals surface area (Å²) in [6.45, 7) is 11.6. The molecule has 0 unspecified atom stereocenters. The standard InChI is InChI=1S/C16H19BF2O4.C16H21BN2O5S.C14H20BNO5S.3C14H18BNO4S/c1-10(20)4-16-3-2-12(17(22)23-16)8-15(21)7-11-5-13(18)9-14(19)6-11;1-3-23-19-15(13-7-5-9-25-13)16(21)18-14-8-4-6-12(10-11(2)20)24-17(14)22;1-2-20-14(18)8-10-5-6-12(15(19)21-10)16-13(17)9-11-4-3-7-22-11;3*1-10(17)8-11-4-2-6-13(15(19)20-11)16-14(18)9-12-5-3-7-21-12/h5-6,9,12,16,22H,2-4,7-8H2,1H3;4-7,9,12,14,22H,3,8,10H2,1-2H3,(H,18,21);3-4,7,10,12,19H,2,5-6,8-9H2,1H3,(H,16,17);3*2-5,7,11,13,19H,6,8-9H2,1H3,(H,16,18)/b;19-15-;;;;/t12-,16+;12-,14+;10-,12-;2*11-,13+;11-,13-/m110110/s1. The molecule has 0 bridgehead atoms. The largest absolute Gasteiger partial charge is 0.478 e. The molecule has 45 heteroatoms. The lowest BCUT2D eigenvalue weighted by Gasteiger charge is -2.31. The van der Waals surface area contributed by atoms with Gasteiger partial charge in [-0.2, -0.15) is 0 Å². The van der Waals surface area contributed by atoms with E-state index in [4.69, 9.17) is 37.5 Å². The van der Waals surface area contributed by atoms with Gasteiger partial charge >= 0.3 is 48.7 Å². The molecule has 11 N–H and O–H groups in total. The number of carbonyl (C=O) groups is 12. The molecule has 12 rings (SSSR count). The monoisotopic (exact) mass is 1930 g/mol. The number of thiophene rings is 5. The van der Waals surface area contributed by atoms with E-state index >= 15 is 0 Å². The van der Waals surface area contributed by atoms with Crippen molar-refractivity contribution in [3.8, 4) is 0 Å². The molecule has 6 aliphatic rings. The van der Waals surface area contributed by atoms with Crippen molar-refractivity contribution in [1.82, 2.24) is 26.6 Å². The average molecular weight is 1940 g/mol. The van der Waals surface area contributed by atoms with Gasteiger partial charge in [-0.05, 0) is 175 Å². The fourth-order valence-electron chi connectivity index (χ4n) is 14.1. The van der Waals surface area contributed by atoms with Crippen LogP contribution in [-0.2, 0) is 127 Å². The first-order valence-corrected chi connectivity index (χ1v) is 48.0. The molecule has 2 fully saturated rings. The zero-order valence-electron chi connectivity index (χ0n) is 75.1. The highest BCUT2D eigenvalue weighted by Crippen LogP contribution is 2.32. The molecule has 0 saturated carbocycles. The van der Waals surface area contributed by atoms with Gasteiger partial charge < -0.3 is 94.2 Å². The predicted molar refractivity (Wildman–Crippen MR) is 506 cm³/mol. The van der Waals surface area contributed by atoms with E-state index in [9.17, 15) is 96.5 Å². The molecule has 133 heavy (non-hydrogen) atoms. The molecule has 0 aliphatic carbocycles. The van der Waals surface area contributed by atoms with E-state index in [-0.39, 0.29) is 145 Å². The molecular formula is C88H114B6F2N6O26S5. The maximum absolute atomic E-state index is 13.1. The Morgan fingerprint density at radius 3 is 1.08 bits per heavy atom. The van der Waals surface area contributed by atoms with Gasteiger partial charge in [0.2, 0.25) is 23.6 Å². The Labute approximate surface area is 794 Å². The van der Waals surface area contributed by atoms with Crippen LogP contribution in [0.25, 0.3) is 0 Å². The minimum atomic E-state index is -1.22. The van der Waals surface area contributed by atoms with Crippen LogP contribution in [-0.4, -0.2) is 228 Å². The van der Waals surface area contributed by atoms with Gasteiger partial charge in [-0.15, -0.1) is 56.7 Å². The van der Waals surface area contributed by atoms with Crippen LogP contribution in [0, 0.1) is 11.6 Å². The Balaban J connectivity index is 0.000000218. The van der Waals surface area contributed by atoms with E-state index in [1.54, 1.807) is 50.3 Å². The first kappa shape index (κ1) is 111. The summed E-state index contributed by atoms with van der Waals surface area (Å²) in [5.41, 5.74) is 0.422. The summed E-state index contributed by atoms with van der Waals surface area (Å²) in [5, 5.41) is 87.4. The molecule has 32 nitrogen and oxygen atoms in total. The van der Waals surface area contributed by atoms with Crippen LogP contribution in [0.1, 0.15) is 175 Å². The Morgan fingerprint density at radius 1 is 0.398 bits per heavy atom. The van der Waals surface area contributed by atoms with Gasteiger partial charge in [0.05, 0.1) is 104 Å². The minimum absolute atomic E-state index is 0.00275. The lowest BCUT2D eigenvalue weighted by atomic mass is 9.64. The van der Waals surface area contributed by atoms with Crippen LogP contribution in [0.4, 0.5) is 8.78 Å². The Morgan fingerprint density at radius 2 is 0.744 bits per heavy atom. The van der Waals surface area contributed by atoms with Crippen LogP contribution in [0.2, 0.25) is 5.82 Å². The number of rotatable bonds is 34. The number of Topliss-reactive ketones (excluding diaryl/α,β-unsaturated/α-hetero) is 6. The number of ketones is 6. The highest BCUT2D eigenvalue weighted by molar-refractivity contribution is 7.13. The minimum Gasteiger partial charge on any atom is -0.466 e. The summed E-state index contributed by atoms with van der Waals surface area (Å²) >= 11 is 7.45. The fraction of sp³-hybridized carbons (Fsp3) is 0.466. The molecule has 5 amide bonds. The van der Waals surface area contributed by atoms with Crippen molar-refractivity contribution in [1.29, 1.82) is 0 Å². The molecule has 0 radical (unpaired) electrons. The number of nitrogens with one attached hydrogen (secondary N) is 5. The quantitative estimate of drug-likeness (QED) is 0.00597. The third kappa shape index (κ3) is 43.5. The summed E-state index contributed by atoms with van der Waals surface area (Å²) in [7, 11) is -6.76. The smallest absolute Gasteiger partial charge is 0.466 e. The number of carbonyl (C=O) groups excluding carboxylic acids is 12.